The third-order valence-corrected chi connectivity index (χ3v) is 2.87. The summed E-state index contributed by atoms with van der Waals surface area (Å²) < 4.78 is 0. The molecule has 0 saturated carbocycles. The molecule has 0 amide bonds. The standard InChI is InChI=1S/C6H5Cl3O/c7-3-1-2-4(10)6(9)5(3)8/h3H,1-2H2. The molecule has 1 rings (SSSR count). The van der Waals surface area contributed by atoms with E-state index in [-0.39, 0.29) is 16.2 Å². The highest BCUT2D eigenvalue weighted by molar-refractivity contribution is 6.51. The van der Waals surface area contributed by atoms with Gasteiger partial charge in [-0.05, 0) is 6.42 Å². The van der Waals surface area contributed by atoms with E-state index in [1.165, 1.54) is 0 Å². The Hall–Kier alpha value is 0.280. The van der Waals surface area contributed by atoms with Crippen LogP contribution in [0.25, 0.3) is 0 Å². The summed E-state index contributed by atoms with van der Waals surface area (Å²) in [4.78, 5) is 10.8. The second-order valence-electron chi connectivity index (χ2n) is 2.09. The average molecular weight is 199 g/mol. The first-order valence-corrected chi connectivity index (χ1v) is 4.04. The van der Waals surface area contributed by atoms with Crippen LogP contribution in [0.4, 0.5) is 0 Å². The van der Waals surface area contributed by atoms with E-state index in [0.717, 1.165) is 0 Å². The van der Waals surface area contributed by atoms with E-state index in [4.69, 9.17) is 34.8 Å². The van der Waals surface area contributed by atoms with Crippen molar-refractivity contribution in [2.24, 2.45) is 0 Å². The second-order valence-corrected chi connectivity index (χ2v) is 3.40. The molecular formula is C6H5Cl3O. The van der Waals surface area contributed by atoms with E-state index in [1.54, 1.807) is 0 Å². The van der Waals surface area contributed by atoms with Crippen molar-refractivity contribution in [3.8, 4) is 0 Å². The zero-order valence-corrected chi connectivity index (χ0v) is 7.30. The summed E-state index contributed by atoms with van der Waals surface area (Å²) in [6.45, 7) is 0. The van der Waals surface area contributed by atoms with Crippen LogP contribution in [0.2, 0.25) is 0 Å². The lowest BCUT2D eigenvalue weighted by Gasteiger charge is -2.14. The molecule has 1 aliphatic carbocycles. The molecule has 0 aromatic rings. The maximum absolute atomic E-state index is 10.8. The number of halogens is 3. The Bertz CT molecular complexity index is 197. The van der Waals surface area contributed by atoms with Crippen LogP contribution < -0.4 is 0 Å². The molecule has 0 fully saturated rings. The SMILES string of the molecule is O=C1CCC(Cl)C(Cl)=C1Cl. The van der Waals surface area contributed by atoms with E-state index in [9.17, 15) is 4.79 Å². The molecular weight excluding hydrogens is 194 g/mol. The number of Topliss-reactive ketones (excluding diaryl/α,β-unsaturated/α-hetero) is 1. The summed E-state index contributed by atoms with van der Waals surface area (Å²) in [5.74, 6) is -0.108. The Morgan fingerprint density at radius 1 is 1.40 bits per heavy atom. The van der Waals surface area contributed by atoms with E-state index >= 15 is 0 Å². The number of allylic oxidation sites excluding steroid dienone is 2. The summed E-state index contributed by atoms with van der Waals surface area (Å²) in [5, 5.41) is 0.124. The third-order valence-electron chi connectivity index (χ3n) is 1.35. The van der Waals surface area contributed by atoms with E-state index < -0.39 is 0 Å². The first kappa shape index (κ1) is 8.38. The van der Waals surface area contributed by atoms with Gasteiger partial charge in [-0.25, -0.2) is 0 Å². The molecule has 56 valence electrons. The van der Waals surface area contributed by atoms with E-state index in [2.05, 4.69) is 0 Å². The minimum Gasteiger partial charge on any atom is -0.293 e. The molecule has 0 heterocycles. The van der Waals surface area contributed by atoms with Crippen molar-refractivity contribution in [1.82, 2.24) is 0 Å². The highest BCUT2D eigenvalue weighted by atomic mass is 35.5. The lowest BCUT2D eigenvalue weighted by Crippen LogP contribution is -2.14. The zero-order chi connectivity index (χ0) is 7.72. The Kier molecular flexibility index (Phi) is 2.61. The maximum atomic E-state index is 10.8. The summed E-state index contributed by atoms with van der Waals surface area (Å²) in [6, 6.07) is 0. The molecule has 0 radical (unpaired) electrons. The Labute approximate surface area is 73.9 Å². The van der Waals surface area contributed by atoms with Gasteiger partial charge >= 0.3 is 0 Å². The summed E-state index contributed by atoms with van der Waals surface area (Å²) in [5.41, 5.74) is 0. The third kappa shape index (κ3) is 1.47. The Morgan fingerprint density at radius 3 is 2.50 bits per heavy atom. The number of carbonyl (C=O) groups excluding carboxylic acids is 1. The van der Waals surface area contributed by atoms with Crippen LogP contribution in [0, 0.1) is 0 Å². The molecule has 0 spiro atoms. The molecule has 4 heteroatoms. The van der Waals surface area contributed by atoms with Crippen molar-refractivity contribution in [1.29, 1.82) is 0 Å². The van der Waals surface area contributed by atoms with Gasteiger partial charge in [-0.15, -0.1) is 11.6 Å². The van der Waals surface area contributed by atoms with E-state index in [1.807, 2.05) is 0 Å². The molecule has 0 N–H and O–H groups in total. The lowest BCUT2D eigenvalue weighted by atomic mass is 10.1. The molecule has 1 aliphatic rings. The quantitative estimate of drug-likeness (QED) is 0.548. The summed E-state index contributed by atoms with van der Waals surface area (Å²) >= 11 is 16.8. The summed E-state index contributed by atoms with van der Waals surface area (Å²) in [7, 11) is 0. The number of hydrogen-bond acceptors (Lipinski definition) is 1. The van der Waals surface area contributed by atoms with Crippen LogP contribution in [0.15, 0.2) is 10.1 Å². The van der Waals surface area contributed by atoms with Gasteiger partial charge in [-0.2, -0.15) is 0 Å². The normalized spacial score (nSPS) is 27.5. The van der Waals surface area contributed by atoms with Gasteiger partial charge in [0, 0.05) is 6.42 Å². The van der Waals surface area contributed by atoms with E-state index in [0.29, 0.717) is 17.9 Å². The minimum atomic E-state index is -0.271. The number of rotatable bonds is 0. The molecule has 10 heavy (non-hydrogen) atoms. The predicted octanol–water partition coefficient (Wildman–Crippen LogP) is 2.65. The van der Waals surface area contributed by atoms with Gasteiger partial charge in [0.1, 0.15) is 0 Å². The van der Waals surface area contributed by atoms with Crippen molar-refractivity contribution >= 4 is 40.6 Å². The molecule has 0 aromatic heterocycles. The molecule has 0 aliphatic heterocycles. The Balaban J connectivity index is 2.92. The van der Waals surface area contributed by atoms with Gasteiger partial charge in [-0.3, -0.25) is 4.79 Å². The number of hydrogen-bond donors (Lipinski definition) is 0. The van der Waals surface area contributed by atoms with Crippen molar-refractivity contribution in [3.63, 3.8) is 0 Å². The molecule has 0 aromatic carbocycles. The minimum absolute atomic E-state index is 0.105. The number of carbonyl (C=O) groups is 1. The highest BCUT2D eigenvalue weighted by Gasteiger charge is 2.24. The lowest BCUT2D eigenvalue weighted by molar-refractivity contribution is -0.115. The fourth-order valence-electron chi connectivity index (χ4n) is 0.765. The van der Waals surface area contributed by atoms with Crippen molar-refractivity contribution < 1.29 is 4.79 Å². The van der Waals surface area contributed by atoms with Crippen LogP contribution in [0.3, 0.4) is 0 Å². The van der Waals surface area contributed by atoms with Crippen LogP contribution in [-0.4, -0.2) is 11.2 Å². The smallest absolute Gasteiger partial charge is 0.175 e. The topological polar surface area (TPSA) is 17.1 Å². The zero-order valence-electron chi connectivity index (χ0n) is 5.03. The van der Waals surface area contributed by atoms with Crippen LogP contribution in [0.1, 0.15) is 12.8 Å². The summed E-state index contributed by atoms with van der Waals surface area (Å²) in [6.07, 6.45) is 0.999. The molecule has 1 atom stereocenters. The van der Waals surface area contributed by atoms with Gasteiger partial charge in [0.25, 0.3) is 0 Å². The van der Waals surface area contributed by atoms with Crippen LogP contribution in [0.5, 0.6) is 0 Å². The highest BCUT2D eigenvalue weighted by Crippen LogP contribution is 2.31. The van der Waals surface area contributed by atoms with Gasteiger partial charge in [-0.1, -0.05) is 23.2 Å². The molecule has 1 nitrogen and oxygen atoms in total. The molecule has 1 unspecified atom stereocenters. The molecule has 0 bridgehead atoms. The number of ketones is 1. The monoisotopic (exact) mass is 198 g/mol. The first-order chi connectivity index (χ1) is 4.63. The van der Waals surface area contributed by atoms with Crippen molar-refractivity contribution in [2.75, 3.05) is 0 Å². The van der Waals surface area contributed by atoms with Crippen LogP contribution >= 0.6 is 34.8 Å². The van der Waals surface area contributed by atoms with Gasteiger partial charge in [0.2, 0.25) is 0 Å². The number of alkyl halides is 1. The predicted molar refractivity (Wildman–Crippen MR) is 42.6 cm³/mol. The van der Waals surface area contributed by atoms with Gasteiger partial charge in [0.15, 0.2) is 5.78 Å². The van der Waals surface area contributed by atoms with Crippen molar-refractivity contribution in [2.45, 2.75) is 18.2 Å². The maximum Gasteiger partial charge on any atom is 0.175 e. The Morgan fingerprint density at radius 2 is 2.00 bits per heavy atom. The van der Waals surface area contributed by atoms with Gasteiger partial charge < -0.3 is 0 Å². The second kappa shape index (κ2) is 3.12. The van der Waals surface area contributed by atoms with Crippen molar-refractivity contribution in [3.05, 3.63) is 10.1 Å². The fourth-order valence-corrected chi connectivity index (χ4v) is 1.48. The fraction of sp³-hybridized carbons (Fsp3) is 0.500. The first-order valence-electron chi connectivity index (χ1n) is 2.85. The average Bonchev–Trinajstić information content (AvgIpc) is 1.93. The molecule has 0 saturated heterocycles. The largest absolute Gasteiger partial charge is 0.293 e. The van der Waals surface area contributed by atoms with Crippen LogP contribution in [-0.2, 0) is 4.79 Å². The van der Waals surface area contributed by atoms with Gasteiger partial charge in [0.05, 0.1) is 15.4 Å².